The smallest absolute Gasteiger partial charge is 0.243 e. The van der Waals surface area contributed by atoms with Crippen molar-refractivity contribution >= 4 is 23.6 Å². The minimum absolute atomic E-state index is 0.0153. The third-order valence-corrected chi connectivity index (χ3v) is 6.13. The fourth-order valence-corrected chi connectivity index (χ4v) is 4.14. The van der Waals surface area contributed by atoms with Gasteiger partial charge in [0.2, 0.25) is 5.91 Å². The van der Waals surface area contributed by atoms with Gasteiger partial charge in [0.15, 0.2) is 5.96 Å². The summed E-state index contributed by atoms with van der Waals surface area (Å²) >= 11 is 1.80. The van der Waals surface area contributed by atoms with Gasteiger partial charge in [0.25, 0.3) is 0 Å². The van der Waals surface area contributed by atoms with Crippen LogP contribution in [0.25, 0.3) is 0 Å². The average molecular weight is 400 g/mol. The fourth-order valence-electron chi connectivity index (χ4n) is 3.83. The molecule has 1 saturated carbocycles. The lowest BCUT2D eigenvalue weighted by molar-refractivity contribution is -0.127. The second-order valence-electron chi connectivity index (χ2n) is 7.61. The van der Waals surface area contributed by atoms with Gasteiger partial charge >= 0.3 is 0 Å². The maximum absolute atomic E-state index is 11.9. The minimum atomic E-state index is 0.0153. The molecule has 8 heteroatoms. The third kappa shape index (κ3) is 7.16. The molecule has 0 aromatic rings. The Morgan fingerprint density at radius 3 is 2.52 bits per heavy atom. The summed E-state index contributed by atoms with van der Waals surface area (Å²) in [6.45, 7) is 5.55. The largest absolute Gasteiger partial charge is 0.379 e. The number of morpholine rings is 1. The van der Waals surface area contributed by atoms with Gasteiger partial charge < -0.3 is 20.3 Å². The molecule has 1 aliphatic carbocycles. The van der Waals surface area contributed by atoms with Crippen molar-refractivity contribution in [3.8, 4) is 0 Å². The van der Waals surface area contributed by atoms with Crippen LogP contribution in [-0.4, -0.2) is 99.2 Å². The number of rotatable bonds is 8. The first-order chi connectivity index (χ1) is 13.1. The first kappa shape index (κ1) is 22.3. The number of nitrogens with zero attached hydrogens (tertiary/aromatic N) is 3. The normalized spacial score (nSPS) is 20.9. The van der Waals surface area contributed by atoms with E-state index in [1.807, 2.05) is 0 Å². The van der Waals surface area contributed by atoms with Gasteiger partial charge in [-0.05, 0) is 19.1 Å². The average Bonchev–Trinajstić information content (AvgIpc) is 2.70. The summed E-state index contributed by atoms with van der Waals surface area (Å²) in [5, 5.41) is 6.94. The summed E-state index contributed by atoms with van der Waals surface area (Å²) < 4.78 is 5.57. The van der Waals surface area contributed by atoms with Crippen LogP contribution in [-0.2, 0) is 9.53 Å². The van der Waals surface area contributed by atoms with Crippen molar-refractivity contribution in [1.29, 1.82) is 0 Å². The molecule has 1 amide bonds. The van der Waals surface area contributed by atoms with Crippen LogP contribution in [0, 0.1) is 0 Å². The number of guanidine groups is 1. The number of ether oxygens (including phenoxy) is 1. The number of carbonyl (C=O) groups excluding carboxylic acids is 1. The summed E-state index contributed by atoms with van der Waals surface area (Å²) in [4.78, 5) is 20.7. The molecule has 156 valence electrons. The van der Waals surface area contributed by atoms with E-state index < -0.39 is 0 Å². The second kappa shape index (κ2) is 11.8. The Balaban J connectivity index is 2.01. The van der Waals surface area contributed by atoms with Crippen LogP contribution in [0.2, 0.25) is 0 Å². The Morgan fingerprint density at radius 1 is 1.19 bits per heavy atom. The van der Waals surface area contributed by atoms with E-state index in [2.05, 4.69) is 26.8 Å². The standard InChI is InChI=1S/C19H37N5O2S/c1-23(2)17(25)15-21-18(20-9-14-27-3)22-16-19(7-5-4-6-8-19)24-10-12-26-13-11-24/h4-16H2,1-3H3,(H2,20,21,22). The molecule has 0 bridgehead atoms. The van der Waals surface area contributed by atoms with E-state index >= 15 is 0 Å². The van der Waals surface area contributed by atoms with Crippen molar-refractivity contribution in [2.24, 2.45) is 4.99 Å². The van der Waals surface area contributed by atoms with Gasteiger partial charge in [0.05, 0.1) is 13.2 Å². The lowest BCUT2D eigenvalue weighted by atomic mass is 9.80. The molecule has 0 atom stereocenters. The molecule has 1 aliphatic heterocycles. The summed E-state index contributed by atoms with van der Waals surface area (Å²) in [5.41, 5.74) is 0.176. The van der Waals surface area contributed by atoms with E-state index in [1.165, 1.54) is 32.1 Å². The van der Waals surface area contributed by atoms with Crippen molar-refractivity contribution in [1.82, 2.24) is 20.4 Å². The quantitative estimate of drug-likeness (QED) is 0.361. The summed E-state index contributed by atoms with van der Waals surface area (Å²) in [7, 11) is 3.53. The molecule has 0 aromatic carbocycles. The molecule has 0 spiro atoms. The highest BCUT2D eigenvalue weighted by molar-refractivity contribution is 7.98. The van der Waals surface area contributed by atoms with Gasteiger partial charge in [-0.3, -0.25) is 9.69 Å². The Labute approximate surface area is 168 Å². The molecule has 0 unspecified atom stereocenters. The van der Waals surface area contributed by atoms with Gasteiger partial charge in [-0.15, -0.1) is 0 Å². The number of thioether (sulfide) groups is 1. The van der Waals surface area contributed by atoms with E-state index in [1.54, 1.807) is 30.8 Å². The topological polar surface area (TPSA) is 69.2 Å². The molecule has 2 rings (SSSR count). The van der Waals surface area contributed by atoms with Gasteiger partial charge in [-0.25, -0.2) is 4.99 Å². The first-order valence-corrected chi connectivity index (χ1v) is 11.5. The lowest BCUT2D eigenvalue weighted by Crippen LogP contribution is -2.60. The van der Waals surface area contributed by atoms with Crippen LogP contribution in [0.1, 0.15) is 32.1 Å². The molecule has 27 heavy (non-hydrogen) atoms. The molecular formula is C19H37N5O2S. The Kier molecular flexibility index (Phi) is 9.72. The molecule has 1 saturated heterocycles. The molecule has 2 N–H and O–H groups in total. The van der Waals surface area contributed by atoms with Crippen LogP contribution in [0.15, 0.2) is 4.99 Å². The van der Waals surface area contributed by atoms with Gasteiger partial charge in [0, 0.05) is 51.6 Å². The number of carbonyl (C=O) groups is 1. The molecule has 1 heterocycles. The van der Waals surface area contributed by atoms with Crippen molar-refractivity contribution < 1.29 is 9.53 Å². The molecule has 0 aromatic heterocycles. The molecule has 0 radical (unpaired) electrons. The number of amides is 1. The first-order valence-electron chi connectivity index (χ1n) is 10.1. The van der Waals surface area contributed by atoms with Gasteiger partial charge in [-0.2, -0.15) is 11.8 Å². The Bertz CT molecular complexity index is 475. The number of hydrogen-bond acceptors (Lipinski definition) is 5. The van der Waals surface area contributed by atoms with E-state index in [-0.39, 0.29) is 18.0 Å². The number of hydrogen-bond donors (Lipinski definition) is 2. The summed E-state index contributed by atoms with van der Waals surface area (Å²) in [5.74, 6) is 1.77. The van der Waals surface area contributed by atoms with Crippen LogP contribution in [0.5, 0.6) is 0 Å². The van der Waals surface area contributed by atoms with Crippen LogP contribution >= 0.6 is 11.8 Å². The molecule has 2 fully saturated rings. The van der Waals surface area contributed by atoms with E-state index in [0.29, 0.717) is 0 Å². The van der Waals surface area contributed by atoms with Crippen molar-refractivity contribution in [3.05, 3.63) is 0 Å². The second-order valence-corrected chi connectivity index (χ2v) is 8.60. The van der Waals surface area contributed by atoms with Crippen molar-refractivity contribution in [3.63, 3.8) is 0 Å². The number of aliphatic imine (C=N–C) groups is 1. The molecule has 7 nitrogen and oxygen atoms in total. The van der Waals surface area contributed by atoms with Crippen LogP contribution in [0.4, 0.5) is 0 Å². The maximum atomic E-state index is 11.9. The minimum Gasteiger partial charge on any atom is -0.379 e. The van der Waals surface area contributed by atoms with E-state index in [0.717, 1.165) is 51.1 Å². The lowest BCUT2D eigenvalue weighted by Gasteiger charge is -2.48. The van der Waals surface area contributed by atoms with Crippen molar-refractivity contribution in [2.75, 3.05) is 72.0 Å². The van der Waals surface area contributed by atoms with Gasteiger partial charge in [-0.1, -0.05) is 19.3 Å². The molecule has 2 aliphatic rings. The zero-order valence-electron chi connectivity index (χ0n) is 17.3. The third-order valence-electron chi connectivity index (χ3n) is 5.52. The van der Waals surface area contributed by atoms with E-state index in [4.69, 9.17) is 4.74 Å². The maximum Gasteiger partial charge on any atom is 0.243 e. The fraction of sp³-hybridized carbons (Fsp3) is 0.895. The highest BCUT2D eigenvalue weighted by Crippen LogP contribution is 2.33. The highest BCUT2D eigenvalue weighted by atomic mass is 32.2. The summed E-state index contributed by atoms with van der Waals surface area (Å²) in [6.07, 6.45) is 8.42. The Morgan fingerprint density at radius 2 is 1.89 bits per heavy atom. The van der Waals surface area contributed by atoms with Gasteiger partial charge in [0.1, 0.15) is 6.54 Å². The Hall–Kier alpha value is -0.990. The van der Waals surface area contributed by atoms with E-state index in [9.17, 15) is 4.79 Å². The zero-order chi connectivity index (χ0) is 19.5. The SMILES string of the molecule is CSCCNC(=NCC(=O)N(C)C)NCC1(N2CCOCC2)CCCCC1. The van der Waals surface area contributed by atoms with Crippen LogP contribution < -0.4 is 10.6 Å². The number of nitrogens with one attached hydrogen (secondary N) is 2. The predicted octanol–water partition coefficient (Wildman–Crippen LogP) is 1.01. The van der Waals surface area contributed by atoms with Crippen LogP contribution in [0.3, 0.4) is 0 Å². The zero-order valence-corrected chi connectivity index (χ0v) is 18.1. The molecular weight excluding hydrogens is 362 g/mol. The highest BCUT2D eigenvalue weighted by Gasteiger charge is 2.38. The van der Waals surface area contributed by atoms with Crippen molar-refractivity contribution in [2.45, 2.75) is 37.6 Å². The number of likely N-dealkylation sites (N-methyl/N-ethyl adjacent to an activating group) is 1. The monoisotopic (exact) mass is 399 g/mol. The summed E-state index contributed by atoms with van der Waals surface area (Å²) in [6, 6.07) is 0. The predicted molar refractivity (Wildman–Crippen MR) is 114 cm³/mol.